The fourth-order valence-corrected chi connectivity index (χ4v) is 2.47. The first-order valence-electron chi connectivity index (χ1n) is 8.57. The lowest BCUT2D eigenvalue weighted by atomic mass is 10.1. The molecule has 0 saturated heterocycles. The Hall–Kier alpha value is -3.49. The van der Waals surface area contributed by atoms with Crippen LogP contribution in [0.4, 0.5) is 0 Å². The number of aromatic nitrogens is 5. The number of hydrogen-bond donors (Lipinski definition) is 1. The largest absolute Gasteiger partial charge is 0.494 e. The van der Waals surface area contributed by atoms with Crippen molar-refractivity contribution in [2.45, 2.75) is 19.9 Å². The molecule has 3 aromatic rings. The third kappa shape index (κ3) is 5.00. The third-order valence-corrected chi connectivity index (χ3v) is 3.75. The van der Waals surface area contributed by atoms with Crippen LogP contribution < -0.4 is 15.6 Å². The smallest absolute Gasteiger partial charge is 0.266 e. The molecule has 3 rings (SSSR count). The van der Waals surface area contributed by atoms with Gasteiger partial charge < -0.3 is 10.1 Å². The van der Waals surface area contributed by atoms with Crippen LogP contribution in [-0.4, -0.2) is 43.6 Å². The van der Waals surface area contributed by atoms with E-state index in [0.717, 1.165) is 11.3 Å². The molecule has 0 bridgehead atoms. The third-order valence-electron chi connectivity index (χ3n) is 3.75. The van der Waals surface area contributed by atoms with Crippen molar-refractivity contribution in [3.8, 4) is 11.6 Å². The highest BCUT2D eigenvalue weighted by Crippen LogP contribution is 2.12. The predicted molar refractivity (Wildman–Crippen MR) is 97.7 cm³/mol. The van der Waals surface area contributed by atoms with Gasteiger partial charge in [0.05, 0.1) is 19.6 Å². The first-order chi connectivity index (χ1) is 13.2. The van der Waals surface area contributed by atoms with Crippen LogP contribution in [0.1, 0.15) is 12.5 Å². The van der Waals surface area contributed by atoms with Crippen molar-refractivity contribution in [1.82, 2.24) is 29.9 Å². The summed E-state index contributed by atoms with van der Waals surface area (Å²) >= 11 is 0. The van der Waals surface area contributed by atoms with E-state index in [1.54, 1.807) is 6.07 Å². The van der Waals surface area contributed by atoms with Crippen molar-refractivity contribution in [2.75, 3.05) is 13.2 Å². The second-order valence-corrected chi connectivity index (χ2v) is 5.70. The van der Waals surface area contributed by atoms with Crippen molar-refractivity contribution in [1.29, 1.82) is 0 Å². The van der Waals surface area contributed by atoms with E-state index in [0.29, 0.717) is 19.0 Å². The highest BCUT2D eigenvalue weighted by molar-refractivity contribution is 5.78. The maximum absolute atomic E-state index is 12.1. The number of ether oxygens (including phenoxy) is 1. The second-order valence-electron chi connectivity index (χ2n) is 5.70. The van der Waals surface area contributed by atoms with Crippen LogP contribution in [0.25, 0.3) is 5.82 Å². The number of amides is 1. The van der Waals surface area contributed by atoms with E-state index in [1.165, 1.54) is 28.1 Å². The summed E-state index contributed by atoms with van der Waals surface area (Å²) in [6.45, 7) is 3.08. The van der Waals surface area contributed by atoms with Gasteiger partial charge in [0.15, 0.2) is 5.82 Å². The zero-order valence-electron chi connectivity index (χ0n) is 14.9. The van der Waals surface area contributed by atoms with Crippen molar-refractivity contribution in [3.63, 3.8) is 0 Å². The summed E-state index contributed by atoms with van der Waals surface area (Å²) < 4.78 is 8.12. The van der Waals surface area contributed by atoms with Gasteiger partial charge >= 0.3 is 0 Å². The average Bonchev–Trinajstić information content (AvgIpc) is 3.20. The molecule has 0 radical (unpaired) electrons. The van der Waals surface area contributed by atoms with Crippen molar-refractivity contribution in [3.05, 3.63) is 65.0 Å². The normalized spacial score (nSPS) is 10.6. The summed E-state index contributed by atoms with van der Waals surface area (Å²) in [6.07, 6.45) is 3.14. The second kappa shape index (κ2) is 8.75. The lowest BCUT2D eigenvalue weighted by molar-refractivity contribution is -0.120. The van der Waals surface area contributed by atoms with Crippen molar-refractivity contribution < 1.29 is 9.53 Å². The lowest BCUT2D eigenvalue weighted by Crippen LogP contribution is -2.33. The molecule has 1 aromatic carbocycles. The molecule has 0 fully saturated rings. The Morgan fingerprint density at radius 3 is 2.70 bits per heavy atom. The molecule has 1 N–H and O–H groups in total. The molecule has 0 unspecified atom stereocenters. The van der Waals surface area contributed by atoms with Gasteiger partial charge in [0.25, 0.3) is 5.56 Å². The summed E-state index contributed by atoms with van der Waals surface area (Å²) in [5.74, 6) is 1.13. The fourth-order valence-electron chi connectivity index (χ4n) is 2.47. The fraction of sp³-hybridized carbons (Fsp3) is 0.278. The highest BCUT2D eigenvalue weighted by Gasteiger charge is 2.06. The summed E-state index contributed by atoms with van der Waals surface area (Å²) in [4.78, 5) is 27.9. The summed E-state index contributed by atoms with van der Waals surface area (Å²) in [5.41, 5.74) is 0.638. The monoisotopic (exact) mass is 368 g/mol. The Kier molecular flexibility index (Phi) is 5.93. The Morgan fingerprint density at radius 1 is 1.19 bits per heavy atom. The van der Waals surface area contributed by atoms with E-state index < -0.39 is 0 Å². The maximum atomic E-state index is 12.1. The van der Waals surface area contributed by atoms with Gasteiger partial charge in [-0.2, -0.15) is 5.10 Å². The minimum absolute atomic E-state index is 0.125. The summed E-state index contributed by atoms with van der Waals surface area (Å²) in [6, 6.07) is 10.4. The molecule has 0 aliphatic heterocycles. The van der Waals surface area contributed by atoms with Crippen LogP contribution in [0.5, 0.6) is 5.75 Å². The van der Waals surface area contributed by atoms with E-state index >= 15 is 0 Å². The zero-order valence-corrected chi connectivity index (χ0v) is 14.9. The molecule has 0 aliphatic carbocycles. The van der Waals surface area contributed by atoms with Crippen LogP contribution >= 0.6 is 0 Å². The van der Waals surface area contributed by atoms with Gasteiger partial charge in [-0.15, -0.1) is 5.10 Å². The minimum atomic E-state index is -0.250. The van der Waals surface area contributed by atoms with E-state index in [2.05, 4.69) is 20.5 Å². The van der Waals surface area contributed by atoms with Crippen molar-refractivity contribution in [2.24, 2.45) is 0 Å². The molecular weight excluding hydrogens is 348 g/mol. The first-order valence-corrected chi connectivity index (χ1v) is 8.57. The van der Waals surface area contributed by atoms with E-state index in [-0.39, 0.29) is 24.4 Å². The van der Waals surface area contributed by atoms with Crippen LogP contribution in [0, 0.1) is 0 Å². The number of carbonyl (C=O) groups excluding carboxylic acids is 1. The van der Waals surface area contributed by atoms with Crippen molar-refractivity contribution >= 4 is 5.91 Å². The van der Waals surface area contributed by atoms with E-state index in [1.807, 2.05) is 31.2 Å². The Morgan fingerprint density at radius 2 is 2.00 bits per heavy atom. The summed E-state index contributed by atoms with van der Waals surface area (Å²) in [7, 11) is 0. The molecule has 0 saturated carbocycles. The number of hydrogen-bond acceptors (Lipinski definition) is 6. The molecule has 27 heavy (non-hydrogen) atoms. The molecular formula is C18H20N6O3. The van der Waals surface area contributed by atoms with Gasteiger partial charge in [-0.25, -0.2) is 14.3 Å². The van der Waals surface area contributed by atoms with Gasteiger partial charge in [-0.05, 0) is 30.7 Å². The highest BCUT2D eigenvalue weighted by atomic mass is 16.5. The van der Waals surface area contributed by atoms with Crippen LogP contribution in [0.15, 0.2) is 53.8 Å². The van der Waals surface area contributed by atoms with E-state index in [9.17, 15) is 9.59 Å². The maximum Gasteiger partial charge on any atom is 0.266 e. The quantitative estimate of drug-likeness (QED) is 0.624. The van der Waals surface area contributed by atoms with E-state index in [4.69, 9.17) is 4.74 Å². The topological polar surface area (TPSA) is 104 Å². The Labute approximate surface area is 155 Å². The van der Waals surface area contributed by atoms with Gasteiger partial charge in [0.1, 0.15) is 18.4 Å². The Bertz CT molecular complexity index is 934. The first kappa shape index (κ1) is 18.3. The van der Waals surface area contributed by atoms with Crippen LogP contribution in [-0.2, 0) is 17.8 Å². The lowest BCUT2D eigenvalue weighted by Gasteiger charge is -2.09. The van der Waals surface area contributed by atoms with Gasteiger partial charge in [0.2, 0.25) is 5.91 Å². The number of benzene rings is 1. The molecule has 1 amide bonds. The molecule has 9 nitrogen and oxygen atoms in total. The molecule has 2 aromatic heterocycles. The average molecular weight is 368 g/mol. The van der Waals surface area contributed by atoms with Crippen LogP contribution in [0.3, 0.4) is 0 Å². The number of rotatable bonds is 8. The summed E-state index contributed by atoms with van der Waals surface area (Å²) in [5, 5.41) is 11.0. The number of nitrogens with zero attached hydrogens (tertiary/aromatic N) is 5. The van der Waals surface area contributed by atoms with Gasteiger partial charge in [0, 0.05) is 12.6 Å². The van der Waals surface area contributed by atoms with Gasteiger partial charge in [-0.1, -0.05) is 12.1 Å². The van der Waals surface area contributed by atoms with Gasteiger partial charge in [-0.3, -0.25) is 9.59 Å². The Balaban J connectivity index is 1.52. The zero-order chi connectivity index (χ0) is 19.1. The predicted octanol–water partition coefficient (Wildman–Crippen LogP) is 0.582. The minimum Gasteiger partial charge on any atom is -0.494 e. The SMILES string of the molecule is CCOc1ccc(CC(=O)NCCn2nc(-n3cncn3)ccc2=O)cc1. The molecule has 0 aliphatic rings. The number of nitrogens with one attached hydrogen (secondary N) is 1. The molecule has 140 valence electrons. The number of carbonyl (C=O) groups is 1. The standard InChI is InChI=1S/C18H20N6O3/c1-2-27-15-5-3-14(4-6-15)11-17(25)20-9-10-23-18(26)8-7-16(22-23)24-13-19-12-21-24/h3-8,12-13H,2,9-11H2,1H3,(H,20,25). The molecule has 9 heteroatoms. The molecule has 2 heterocycles. The molecule has 0 spiro atoms. The van der Waals surface area contributed by atoms with Crippen LogP contribution in [0.2, 0.25) is 0 Å². The molecule has 0 atom stereocenters.